The average molecular weight is 375 g/mol. The SMILES string of the molecule is CN(c1ncnc2[nH]ccc12)C1CN(S(=O)(=O)C(F)(F)F)CC12CC2. The van der Waals surface area contributed by atoms with Crippen molar-refractivity contribution in [3.63, 3.8) is 0 Å². The van der Waals surface area contributed by atoms with Crippen LogP contribution in [-0.4, -0.2) is 59.4 Å². The van der Waals surface area contributed by atoms with Crippen molar-refractivity contribution < 1.29 is 21.6 Å². The molecule has 2 fully saturated rings. The number of nitrogens with one attached hydrogen (secondary N) is 1. The Balaban J connectivity index is 1.68. The van der Waals surface area contributed by atoms with E-state index in [0.717, 1.165) is 5.39 Å². The lowest BCUT2D eigenvalue weighted by atomic mass is 9.99. The minimum Gasteiger partial charge on any atom is -0.354 e. The fourth-order valence-electron chi connectivity index (χ4n) is 3.71. The number of sulfonamides is 1. The van der Waals surface area contributed by atoms with Gasteiger partial charge in [0.1, 0.15) is 17.8 Å². The second-order valence-corrected chi connectivity index (χ2v) is 8.60. The van der Waals surface area contributed by atoms with E-state index in [1.165, 1.54) is 6.33 Å². The Kier molecular flexibility index (Phi) is 3.36. The molecule has 136 valence electrons. The summed E-state index contributed by atoms with van der Waals surface area (Å²) < 4.78 is 62.9. The van der Waals surface area contributed by atoms with E-state index in [-0.39, 0.29) is 19.1 Å². The highest BCUT2D eigenvalue weighted by atomic mass is 32.2. The smallest absolute Gasteiger partial charge is 0.354 e. The third-order valence-corrected chi connectivity index (χ3v) is 6.78. The second kappa shape index (κ2) is 5.07. The van der Waals surface area contributed by atoms with E-state index in [1.807, 2.05) is 0 Å². The van der Waals surface area contributed by atoms with Crippen LogP contribution in [-0.2, 0) is 10.0 Å². The van der Waals surface area contributed by atoms with Crippen LogP contribution < -0.4 is 4.90 Å². The van der Waals surface area contributed by atoms with Gasteiger partial charge in [-0.1, -0.05) is 0 Å². The van der Waals surface area contributed by atoms with E-state index in [2.05, 4.69) is 15.0 Å². The zero-order valence-electron chi connectivity index (χ0n) is 13.3. The summed E-state index contributed by atoms with van der Waals surface area (Å²) in [4.78, 5) is 13.1. The number of alkyl halides is 3. The van der Waals surface area contributed by atoms with Gasteiger partial charge in [0.15, 0.2) is 0 Å². The standard InChI is InChI=1S/C14H16F3N5O2S/c1-21(12-9-2-5-18-11(9)19-8-20-12)10-6-22(7-13(10)3-4-13)25(23,24)14(15,16)17/h2,5,8,10H,3-4,6-7H2,1H3,(H,18,19,20). The first-order chi connectivity index (χ1) is 11.7. The van der Waals surface area contributed by atoms with Crippen LogP contribution in [0.15, 0.2) is 18.6 Å². The lowest BCUT2D eigenvalue weighted by molar-refractivity contribution is -0.0484. The topological polar surface area (TPSA) is 82.2 Å². The van der Waals surface area contributed by atoms with Crippen LogP contribution in [0.5, 0.6) is 0 Å². The Morgan fingerprint density at radius 2 is 2.08 bits per heavy atom. The van der Waals surface area contributed by atoms with E-state index < -0.39 is 20.9 Å². The molecule has 1 atom stereocenters. The molecule has 1 saturated heterocycles. The number of anilines is 1. The fraction of sp³-hybridized carbons (Fsp3) is 0.571. The second-order valence-electron chi connectivity index (χ2n) is 6.67. The van der Waals surface area contributed by atoms with Crippen molar-refractivity contribution >= 4 is 26.9 Å². The molecular weight excluding hydrogens is 359 g/mol. The molecule has 1 saturated carbocycles. The van der Waals surface area contributed by atoms with Crippen LogP contribution >= 0.6 is 0 Å². The molecule has 1 N–H and O–H groups in total. The zero-order valence-corrected chi connectivity index (χ0v) is 14.1. The number of likely N-dealkylation sites (N-methyl/N-ethyl adjacent to an activating group) is 1. The summed E-state index contributed by atoms with van der Waals surface area (Å²) in [5.74, 6) is 0.578. The van der Waals surface area contributed by atoms with Crippen molar-refractivity contribution in [2.24, 2.45) is 5.41 Å². The highest BCUT2D eigenvalue weighted by molar-refractivity contribution is 7.90. The molecule has 1 unspecified atom stereocenters. The molecule has 2 aromatic heterocycles. The predicted molar refractivity (Wildman–Crippen MR) is 84.3 cm³/mol. The Morgan fingerprint density at radius 1 is 1.36 bits per heavy atom. The van der Waals surface area contributed by atoms with E-state index in [4.69, 9.17) is 0 Å². The molecule has 0 radical (unpaired) electrons. The largest absolute Gasteiger partial charge is 0.511 e. The molecule has 2 aliphatic rings. The summed E-state index contributed by atoms with van der Waals surface area (Å²) in [6.07, 6.45) is 4.49. The van der Waals surface area contributed by atoms with Gasteiger partial charge in [0.25, 0.3) is 0 Å². The summed E-state index contributed by atoms with van der Waals surface area (Å²) in [5, 5.41) is 0.748. The van der Waals surface area contributed by atoms with Gasteiger partial charge in [0, 0.05) is 31.7 Å². The molecule has 7 nitrogen and oxygen atoms in total. The van der Waals surface area contributed by atoms with Crippen molar-refractivity contribution in [1.82, 2.24) is 19.3 Å². The molecule has 0 amide bonds. The van der Waals surface area contributed by atoms with Crippen molar-refractivity contribution in [1.29, 1.82) is 0 Å². The summed E-state index contributed by atoms with van der Waals surface area (Å²) in [6, 6.07) is 1.43. The number of rotatable bonds is 3. The first-order valence-electron chi connectivity index (χ1n) is 7.73. The van der Waals surface area contributed by atoms with Crippen molar-refractivity contribution in [2.45, 2.75) is 24.4 Å². The summed E-state index contributed by atoms with van der Waals surface area (Å²) in [5.41, 5.74) is -5.10. The Labute approximate surface area is 141 Å². The van der Waals surface area contributed by atoms with Crippen LogP contribution in [0.4, 0.5) is 19.0 Å². The van der Waals surface area contributed by atoms with Crippen LogP contribution in [0.2, 0.25) is 0 Å². The minimum absolute atomic E-state index is 0.106. The Hall–Kier alpha value is -1.88. The highest BCUT2D eigenvalue weighted by Crippen LogP contribution is 2.56. The summed E-state index contributed by atoms with van der Waals surface area (Å²) >= 11 is 0. The lowest BCUT2D eigenvalue weighted by Gasteiger charge is -2.30. The number of aromatic amines is 1. The number of hydrogen-bond donors (Lipinski definition) is 1. The molecule has 1 aliphatic heterocycles. The van der Waals surface area contributed by atoms with Gasteiger partial charge >= 0.3 is 15.5 Å². The van der Waals surface area contributed by atoms with Gasteiger partial charge < -0.3 is 9.88 Å². The number of hydrogen-bond acceptors (Lipinski definition) is 5. The summed E-state index contributed by atoms with van der Waals surface area (Å²) in [6.45, 7) is -0.306. The van der Waals surface area contributed by atoms with Crippen LogP contribution in [0.25, 0.3) is 11.0 Å². The van der Waals surface area contributed by atoms with Crippen LogP contribution in [0.3, 0.4) is 0 Å². The molecule has 2 aromatic rings. The highest BCUT2D eigenvalue weighted by Gasteiger charge is 2.62. The van der Waals surface area contributed by atoms with E-state index in [9.17, 15) is 21.6 Å². The van der Waals surface area contributed by atoms with Crippen molar-refractivity contribution in [2.75, 3.05) is 25.0 Å². The molecule has 1 spiro atoms. The molecule has 25 heavy (non-hydrogen) atoms. The third-order valence-electron chi connectivity index (χ3n) is 5.23. The van der Waals surface area contributed by atoms with Gasteiger partial charge in [-0.25, -0.2) is 18.4 Å². The maximum absolute atomic E-state index is 12.9. The first-order valence-corrected chi connectivity index (χ1v) is 9.17. The van der Waals surface area contributed by atoms with Crippen LogP contribution in [0.1, 0.15) is 12.8 Å². The lowest BCUT2D eigenvalue weighted by Crippen LogP contribution is -2.42. The van der Waals surface area contributed by atoms with Gasteiger partial charge in [-0.2, -0.15) is 17.5 Å². The van der Waals surface area contributed by atoms with E-state index >= 15 is 0 Å². The molecular formula is C14H16F3N5O2S. The monoisotopic (exact) mass is 375 g/mol. The molecule has 0 aromatic carbocycles. The number of fused-ring (bicyclic) bond motifs is 1. The van der Waals surface area contributed by atoms with Gasteiger partial charge in [0.2, 0.25) is 0 Å². The normalized spacial score (nSPS) is 23.4. The summed E-state index contributed by atoms with van der Waals surface area (Å²) in [7, 11) is -3.58. The maximum Gasteiger partial charge on any atom is 0.511 e. The Morgan fingerprint density at radius 3 is 2.72 bits per heavy atom. The number of H-pyrrole nitrogens is 1. The third kappa shape index (κ3) is 2.40. The molecule has 0 bridgehead atoms. The zero-order chi connectivity index (χ0) is 18.0. The number of aromatic nitrogens is 3. The predicted octanol–water partition coefficient (Wildman–Crippen LogP) is 1.71. The fourth-order valence-corrected chi connectivity index (χ4v) is 4.77. The molecule has 3 heterocycles. The number of halogens is 3. The Bertz CT molecular complexity index is 922. The molecule has 4 rings (SSSR count). The van der Waals surface area contributed by atoms with Crippen molar-refractivity contribution in [3.05, 3.63) is 18.6 Å². The quantitative estimate of drug-likeness (QED) is 0.883. The van der Waals surface area contributed by atoms with Gasteiger partial charge in [-0.15, -0.1) is 0 Å². The maximum atomic E-state index is 12.9. The van der Waals surface area contributed by atoms with E-state index in [0.29, 0.717) is 28.6 Å². The first kappa shape index (κ1) is 16.6. The van der Waals surface area contributed by atoms with Gasteiger partial charge in [-0.05, 0) is 18.9 Å². The number of nitrogens with zero attached hydrogens (tertiary/aromatic N) is 4. The van der Waals surface area contributed by atoms with Gasteiger partial charge in [0.05, 0.1) is 11.4 Å². The molecule has 1 aliphatic carbocycles. The molecule has 11 heteroatoms. The minimum atomic E-state index is -5.32. The van der Waals surface area contributed by atoms with Gasteiger partial charge in [-0.3, -0.25) is 0 Å². The average Bonchev–Trinajstić information content (AvgIpc) is 2.97. The van der Waals surface area contributed by atoms with E-state index in [1.54, 1.807) is 24.2 Å². The van der Waals surface area contributed by atoms with Crippen LogP contribution in [0, 0.1) is 5.41 Å². The van der Waals surface area contributed by atoms with Crippen molar-refractivity contribution in [3.8, 4) is 0 Å².